The van der Waals surface area contributed by atoms with E-state index in [4.69, 9.17) is 0 Å². The zero-order chi connectivity index (χ0) is 17.4. The zero-order valence-corrected chi connectivity index (χ0v) is 12.4. The van der Waals surface area contributed by atoms with Crippen molar-refractivity contribution in [3.63, 3.8) is 0 Å². The van der Waals surface area contributed by atoms with Crippen LogP contribution in [0, 0.1) is 0 Å². The first-order valence-corrected chi connectivity index (χ1v) is 7.20. The van der Waals surface area contributed by atoms with Gasteiger partial charge in [-0.05, 0) is 43.5 Å². The Morgan fingerprint density at radius 2 is 1.61 bits per heavy atom. The van der Waals surface area contributed by atoms with E-state index < -0.39 is 35.6 Å². The highest BCUT2D eigenvalue weighted by Crippen LogP contribution is 2.40. The Kier molecular flexibility index (Phi) is 4.96. The fourth-order valence-electron chi connectivity index (χ4n) is 2.81. The van der Waals surface area contributed by atoms with E-state index in [1.54, 1.807) is 4.90 Å². The smallest absolute Gasteiger partial charge is 0.393 e. The molecule has 1 N–H and O–H groups in total. The summed E-state index contributed by atoms with van der Waals surface area (Å²) in [5, 5.41) is 9.46. The lowest BCUT2D eigenvalue weighted by molar-refractivity contribution is -0.142. The Morgan fingerprint density at radius 1 is 1.04 bits per heavy atom. The van der Waals surface area contributed by atoms with Crippen molar-refractivity contribution < 1.29 is 31.4 Å². The van der Waals surface area contributed by atoms with Gasteiger partial charge in [0, 0.05) is 19.1 Å². The minimum Gasteiger partial charge on any atom is -0.393 e. The molecule has 1 aliphatic heterocycles. The van der Waals surface area contributed by atoms with Crippen LogP contribution in [-0.4, -0.2) is 29.2 Å². The summed E-state index contributed by atoms with van der Waals surface area (Å²) in [6, 6.07) is 0.715. The van der Waals surface area contributed by atoms with Crippen molar-refractivity contribution in [2.24, 2.45) is 0 Å². The number of likely N-dealkylation sites (tertiary alicyclic amines) is 1. The number of benzene rings is 1. The standard InChI is InChI=1S/C15H17F6NO/c1-9(22-6-4-11(23)5-7-22)12-8-10(14(16,17)18)2-3-13(12)15(19,20)21/h2-3,8-9,11,23H,4-7H2,1H3. The molecule has 0 spiro atoms. The molecule has 8 heteroatoms. The number of rotatable bonds is 2. The monoisotopic (exact) mass is 341 g/mol. The first kappa shape index (κ1) is 18.1. The van der Waals surface area contributed by atoms with Gasteiger partial charge in [0.1, 0.15) is 0 Å². The minimum atomic E-state index is -4.72. The second kappa shape index (κ2) is 6.32. The van der Waals surface area contributed by atoms with Gasteiger partial charge in [-0.15, -0.1) is 0 Å². The third kappa shape index (κ3) is 4.17. The molecule has 1 heterocycles. The maximum Gasteiger partial charge on any atom is 0.416 e. The summed E-state index contributed by atoms with van der Waals surface area (Å²) in [4.78, 5) is 1.66. The van der Waals surface area contributed by atoms with Crippen LogP contribution in [0.25, 0.3) is 0 Å². The third-order valence-corrected chi connectivity index (χ3v) is 4.18. The van der Waals surface area contributed by atoms with Crippen LogP contribution in [0.15, 0.2) is 18.2 Å². The Labute approximate surface area is 129 Å². The highest BCUT2D eigenvalue weighted by atomic mass is 19.4. The molecule has 23 heavy (non-hydrogen) atoms. The molecule has 0 saturated carbocycles. The van der Waals surface area contributed by atoms with Gasteiger partial charge >= 0.3 is 12.4 Å². The molecule has 1 aromatic carbocycles. The molecular formula is C15H17F6NO. The van der Waals surface area contributed by atoms with Gasteiger partial charge in [-0.1, -0.05) is 0 Å². The average Bonchev–Trinajstić information content (AvgIpc) is 2.45. The van der Waals surface area contributed by atoms with Gasteiger partial charge in [0.05, 0.1) is 17.2 Å². The summed E-state index contributed by atoms with van der Waals surface area (Å²) < 4.78 is 77.9. The molecule has 1 unspecified atom stereocenters. The van der Waals surface area contributed by atoms with Crippen molar-refractivity contribution in [1.82, 2.24) is 4.90 Å². The number of aliphatic hydroxyl groups is 1. The van der Waals surface area contributed by atoms with E-state index in [1.807, 2.05) is 0 Å². The molecular weight excluding hydrogens is 324 g/mol. The lowest BCUT2D eigenvalue weighted by Gasteiger charge is -2.35. The van der Waals surface area contributed by atoms with Gasteiger partial charge in [-0.2, -0.15) is 26.3 Å². The summed E-state index contributed by atoms with van der Waals surface area (Å²) in [5.41, 5.74) is -2.53. The Hall–Kier alpha value is -1.28. The molecule has 0 aromatic heterocycles. The molecule has 1 fully saturated rings. The van der Waals surface area contributed by atoms with Crippen LogP contribution < -0.4 is 0 Å². The molecule has 1 saturated heterocycles. The molecule has 2 rings (SSSR count). The van der Waals surface area contributed by atoms with Gasteiger partial charge < -0.3 is 5.11 Å². The Morgan fingerprint density at radius 3 is 2.09 bits per heavy atom. The summed E-state index contributed by atoms with van der Waals surface area (Å²) in [6.45, 7) is 2.15. The fourth-order valence-corrected chi connectivity index (χ4v) is 2.81. The van der Waals surface area contributed by atoms with Crippen LogP contribution in [0.1, 0.15) is 42.5 Å². The molecule has 1 aromatic rings. The van der Waals surface area contributed by atoms with E-state index in [-0.39, 0.29) is 5.56 Å². The maximum atomic E-state index is 13.1. The fraction of sp³-hybridized carbons (Fsp3) is 0.600. The Bertz CT molecular complexity index is 546. The van der Waals surface area contributed by atoms with Crippen LogP contribution in [0.3, 0.4) is 0 Å². The maximum absolute atomic E-state index is 13.1. The van der Waals surface area contributed by atoms with Gasteiger partial charge in [0.15, 0.2) is 0 Å². The number of halogens is 6. The molecule has 0 aliphatic carbocycles. The lowest BCUT2D eigenvalue weighted by atomic mass is 9.95. The lowest BCUT2D eigenvalue weighted by Crippen LogP contribution is -2.38. The second-order valence-electron chi connectivity index (χ2n) is 5.74. The number of nitrogens with zero attached hydrogens (tertiary/aromatic N) is 1. The largest absolute Gasteiger partial charge is 0.416 e. The van der Waals surface area contributed by atoms with Crippen molar-refractivity contribution in [2.45, 2.75) is 44.3 Å². The van der Waals surface area contributed by atoms with E-state index in [0.717, 1.165) is 0 Å². The van der Waals surface area contributed by atoms with E-state index in [2.05, 4.69) is 0 Å². The number of aliphatic hydroxyl groups excluding tert-OH is 1. The van der Waals surface area contributed by atoms with Crippen molar-refractivity contribution in [3.05, 3.63) is 34.9 Å². The third-order valence-electron chi connectivity index (χ3n) is 4.18. The molecule has 0 bridgehead atoms. The quantitative estimate of drug-likeness (QED) is 0.814. The topological polar surface area (TPSA) is 23.5 Å². The average molecular weight is 341 g/mol. The first-order valence-electron chi connectivity index (χ1n) is 7.20. The molecule has 130 valence electrons. The van der Waals surface area contributed by atoms with Crippen molar-refractivity contribution in [3.8, 4) is 0 Å². The molecule has 1 atom stereocenters. The van der Waals surface area contributed by atoms with Crippen molar-refractivity contribution in [1.29, 1.82) is 0 Å². The molecule has 2 nitrogen and oxygen atoms in total. The summed E-state index contributed by atoms with van der Waals surface area (Å²) in [7, 11) is 0. The van der Waals surface area contributed by atoms with Crippen LogP contribution in [0.4, 0.5) is 26.3 Å². The summed E-state index contributed by atoms with van der Waals surface area (Å²) in [6.07, 6.45) is -9.14. The van der Waals surface area contributed by atoms with Crippen LogP contribution in [-0.2, 0) is 12.4 Å². The van der Waals surface area contributed by atoms with Crippen LogP contribution in [0.2, 0.25) is 0 Å². The highest BCUT2D eigenvalue weighted by molar-refractivity contribution is 5.37. The number of hydrogen-bond acceptors (Lipinski definition) is 2. The van der Waals surface area contributed by atoms with Gasteiger partial charge in [0.2, 0.25) is 0 Å². The highest BCUT2D eigenvalue weighted by Gasteiger charge is 2.39. The van der Waals surface area contributed by atoms with Gasteiger partial charge in [-0.25, -0.2) is 0 Å². The normalized spacial score (nSPS) is 19.8. The van der Waals surface area contributed by atoms with E-state index in [0.29, 0.717) is 44.1 Å². The second-order valence-corrected chi connectivity index (χ2v) is 5.74. The van der Waals surface area contributed by atoms with Crippen molar-refractivity contribution >= 4 is 0 Å². The van der Waals surface area contributed by atoms with E-state index in [1.165, 1.54) is 6.92 Å². The number of piperidine rings is 1. The minimum absolute atomic E-state index is 0.343. The predicted octanol–water partition coefficient (Wildman–Crippen LogP) is 4.24. The van der Waals surface area contributed by atoms with Gasteiger partial charge in [0.25, 0.3) is 0 Å². The van der Waals surface area contributed by atoms with Crippen molar-refractivity contribution in [2.75, 3.05) is 13.1 Å². The number of alkyl halides is 6. The van der Waals surface area contributed by atoms with E-state index in [9.17, 15) is 31.4 Å². The molecule has 0 radical (unpaired) electrons. The Balaban J connectivity index is 2.40. The molecule has 1 aliphatic rings. The predicted molar refractivity (Wildman–Crippen MR) is 71.7 cm³/mol. The first-order chi connectivity index (χ1) is 10.5. The van der Waals surface area contributed by atoms with Crippen LogP contribution in [0.5, 0.6) is 0 Å². The SMILES string of the molecule is CC(c1cc(C(F)(F)F)ccc1C(F)(F)F)N1CCC(O)CC1. The van der Waals surface area contributed by atoms with Crippen LogP contribution >= 0.6 is 0 Å². The van der Waals surface area contributed by atoms with Gasteiger partial charge in [-0.3, -0.25) is 4.90 Å². The summed E-state index contributed by atoms with van der Waals surface area (Å²) >= 11 is 0. The molecule has 0 amide bonds. The zero-order valence-electron chi connectivity index (χ0n) is 12.4. The number of hydrogen-bond donors (Lipinski definition) is 1. The van der Waals surface area contributed by atoms with E-state index >= 15 is 0 Å². The summed E-state index contributed by atoms with van der Waals surface area (Å²) in [5.74, 6) is 0.